The molecule has 0 amide bonds. The molecule has 0 radical (unpaired) electrons. The third kappa shape index (κ3) is 9.64. The van der Waals surface area contributed by atoms with Crippen LogP contribution >= 0.6 is 0 Å². The molecule has 0 aliphatic rings. The van der Waals surface area contributed by atoms with Crippen LogP contribution in [0.25, 0.3) is 0 Å². The number of rotatable bonds is 13. The molecule has 9 nitrogen and oxygen atoms in total. The lowest BCUT2D eigenvalue weighted by Crippen LogP contribution is -2.60. The number of carboxylic acids is 1. The Bertz CT molecular complexity index is 1030. The van der Waals surface area contributed by atoms with E-state index in [0.29, 0.717) is 12.0 Å². The van der Waals surface area contributed by atoms with Crippen molar-refractivity contribution in [1.82, 2.24) is 5.32 Å². The summed E-state index contributed by atoms with van der Waals surface area (Å²) in [6, 6.07) is 4.18. The molecule has 0 saturated carbocycles. The normalized spacial score (nSPS) is 15.7. The van der Waals surface area contributed by atoms with E-state index in [1.54, 1.807) is 47.6 Å². The van der Waals surface area contributed by atoms with Gasteiger partial charge >= 0.3 is 23.9 Å². The van der Waals surface area contributed by atoms with Gasteiger partial charge in [-0.15, -0.1) is 0 Å². The van der Waals surface area contributed by atoms with Crippen molar-refractivity contribution in [3.63, 3.8) is 0 Å². The molecular formula is C30H47NO8. The Morgan fingerprint density at radius 2 is 1.33 bits per heavy atom. The summed E-state index contributed by atoms with van der Waals surface area (Å²) in [6.07, 6.45) is 0.316. The Morgan fingerprint density at radius 1 is 0.846 bits per heavy atom. The molecule has 1 aromatic carbocycles. The lowest BCUT2D eigenvalue weighted by molar-refractivity contribution is -0.190. The highest BCUT2D eigenvalue weighted by Crippen LogP contribution is 2.33. The van der Waals surface area contributed by atoms with E-state index in [-0.39, 0.29) is 35.8 Å². The quantitative estimate of drug-likeness (QED) is 0.189. The fourth-order valence-corrected chi connectivity index (χ4v) is 3.17. The highest BCUT2D eigenvalue weighted by Gasteiger charge is 2.46. The number of carboxylic acid groups (broad SMARTS) is 1. The number of esters is 3. The fourth-order valence-electron chi connectivity index (χ4n) is 3.17. The van der Waals surface area contributed by atoms with Crippen molar-refractivity contribution in [1.29, 1.82) is 0 Å². The lowest BCUT2D eigenvalue weighted by atomic mass is 9.95. The summed E-state index contributed by atoms with van der Waals surface area (Å²) in [5.74, 6) is -3.83. The van der Waals surface area contributed by atoms with Crippen molar-refractivity contribution in [3.8, 4) is 11.5 Å². The van der Waals surface area contributed by atoms with Crippen LogP contribution in [0.1, 0.15) is 88.1 Å². The first-order chi connectivity index (χ1) is 17.8. The summed E-state index contributed by atoms with van der Waals surface area (Å²) < 4.78 is 16.9. The molecule has 0 bridgehead atoms. The van der Waals surface area contributed by atoms with E-state index < -0.39 is 46.9 Å². The zero-order valence-corrected chi connectivity index (χ0v) is 25.3. The van der Waals surface area contributed by atoms with E-state index in [0.717, 1.165) is 0 Å². The number of aliphatic carboxylic acids is 1. The van der Waals surface area contributed by atoms with Gasteiger partial charge in [-0.1, -0.05) is 54.5 Å². The standard InChI is InChI=1S/C30H47NO8/c1-12-19(6)31-30(27(34)35,39-28(36)29(9,10)11)16-22-13-14-23(37-25(32)20(7)17(2)3)24(15-22)38-26(33)21(8)18(4)5/h13-15,17-21,31H,12,16H2,1-11H3,(H,34,35)/t19?,20?,21?,30-/m0/s1. The highest BCUT2D eigenvalue weighted by molar-refractivity contribution is 5.84. The van der Waals surface area contributed by atoms with Crippen molar-refractivity contribution in [2.45, 2.75) is 101 Å². The minimum atomic E-state index is -2.09. The number of hydrogen-bond donors (Lipinski definition) is 2. The Hall–Kier alpha value is -2.94. The Kier molecular flexibility index (Phi) is 12.2. The first-order valence-corrected chi connectivity index (χ1v) is 13.6. The van der Waals surface area contributed by atoms with Gasteiger partial charge in [-0.25, -0.2) is 4.79 Å². The Morgan fingerprint density at radius 3 is 1.74 bits per heavy atom. The summed E-state index contributed by atoms with van der Waals surface area (Å²) >= 11 is 0. The molecule has 4 atom stereocenters. The average Bonchev–Trinajstić information content (AvgIpc) is 2.83. The van der Waals surface area contributed by atoms with E-state index in [1.807, 2.05) is 34.6 Å². The van der Waals surface area contributed by atoms with Gasteiger partial charge in [0.1, 0.15) is 0 Å². The largest absolute Gasteiger partial charge is 0.477 e. The molecule has 0 spiro atoms. The molecule has 0 aliphatic carbocycles. The Labute approximate surface area is 233 Å². The molecule has 0 fully saturated rings. The number of ether oxygens (including phenoxy) is 3. The second-order valence-electron chi connectivity index (χ2n) is 12.1. The topological polar surface area (TPSA) is 128 Å². The van der Waals surface area contributed by atoms with Crippen molar-refractivity contribution in [2.75, 3.05) is 0 Å². The van der Waals surface area contributed by atoms with Crippen LogP contribution in [0.4, 0.5) is 0 Å². The van der Waals surface area contributed by atoms with Gasteiger partial charge in [0.05, 0.1) is 17.3 Å². The summed E-state index contributed by atoms with van der Waals surface area (Å²) in [6.45, 7) is 19.6. The van der Waals surface area contributed by atoms with Gasteiger partial charge in [-0.05, 0) is 63.6 Å². The van der Waals surface area contributed by atoms with Gasteiger partial charge in [0, 0.05) is 12.5 Å². The highest BCUT2D eigenvalue weighted by atomic mass is 16.6. The molecule has 0 aromatic heterocycles. The molecule has 9 heteroatoms. The van der Waals surface area contributed by atoms with Crippen molar-refractivity contribution in [3.05, 3.63) is 23.8 Å². The van der Waals surface area contributed by atoms with Crippen LogP contribution in [0.3, 0.4) is 0 Å². The maximum Gasteiger partial charge on any atom is 0.364 e. The first-order valence-electron chi connectivity index (χ1n) is 13.6. The molecule has 1 rings (SSSR count). The van der Waals surface area contributed by atoms with Gasteiger partial charge < -0.3 is 19.3 Å². The van der Waals surface area contributed by atoms with E-state index in [9.17, 15) is 24.3 Å². The lowest BCUT2D eigenvalue weighted by Gasteiger charge is -2.35. The zero-order chi connectivity index (χ0) is 30.3. The molecular weight excluding hydrogens is 502 g/mol. The van der Waals surface area contributed by atoms with Crippen LogP contribution < -0.4 is 14.8 Å². The van der Waals surface area contributed by atoms with Gasteiger partial charge in [0.2, 0.25) is 0 Å². The SMILES string of the molecule is CCC(C)N[C@@](Cc1ccc(OC(=O)C(C)C(C)C)c(OC(=O)C(C)C(C)C)c1)(OC(=O)C(C)(C)C)C(=O)O. The van der Waals surface area contributed by atoms with Crippen LogP contribution in [0.5, 0.6) is 11.5 Å². The van der Waals surface area contributed by atoms with Crippen LogP contribution in [0.15, 0.2) is 18.2 Å². The monoisotopic (exact) mass is 549 g/mol. The smallest absolute Gasteiger partial charge is 0.364 e. The van der Waals surface area contributed by atoms with Gasteiger partial charge in [0.25, 0.3) is 5.72 Å². The fraction of sp³-hybridized carbons (Fsp3) is 0.667. The second-order valence-corrected chi connectivity index (χ2v) is 12.1. The zero-order valence-electron chi connectivity index (χ0n) is 25.3. The molecule has 2 N–H and O–H groups in total. The van der Waals surface area contributed by atoms with Crippen molar-refractivity contribution >= 4 is 23.9 Å². The molecule has 39 heavy (non-hydrogen) atoms. The number of carbonyl (C=O) groups is 4. The molecule has 3 unspecified atom stereocenters. The van der Waals surface area contributed by atoms with E-state index >= 15 is 0 Å². The number of hydrogen-bond acceptors (Lipinski definition) is 8. The maximum absolute atomic E-state index is 12.8. The third-order valence-corrected chi connectivity index (χ3v) is 6.94. The minimum Gasteiger partial charge on any atom is -0.477 e. The van der Waals surface area contributed by atoms with Crippen LogP contribution in [-0.2, 0) is 30.3 Å². The maximum atomic E-state index is 12.8. The second kappa shape index (κ2) is 13.9. The minimum absolute atomic E-state index is 0.00356. The third-order valence-electron chi connectivity index (χ3n) is 6.94. The average molecular weight is 550 g/mol. The van der Waals surface area contributed by atoms with Crippen LogP contribution in [0, 0.1) is 29.1 Å². The summed E-state index contributed by atoms with van der Waals surface area (Å²) in [5.41, 5.74) is -2.64. The van der Waals surface area contributed by atoms with Crippen molar-refractivity contribution < 1.29 is 38.5 Å². The number of carbonyl (C=O) groups excluding carboxylic acids is 3. The summed E-state index contributed by atoms with van der Waals surface area (Å²) in [5, 5.41) is 13.2. The van der Waals surface area contributed by atoms with Gasteiger partial charge in [-0.2, -0.15) is 0 Å². The molecule has 0 saturated heterocycles. The first kappa shape index (κ1) is 34.1. The van der Waals surface area contributed by atoms with E-state index in [1.165, 1.54) is 12.1 Å². The Balaban J connectivity index is 3.60. The van der Waals surface area contributed by atoms with Crippen molar-refractivity contribution in [2.24, 2.45) is 29.1 Å². The number of nitrogens with one attached hydrogen (secondary N) is 1. The molecule has 0 aliphatic heterocycles. The van der Waals surface area contributed by atoms with E-state index in [2.05, 4.69) is 5.32 Å². The van der Waals surface area contributed by atoms with E-state index in [4.69, 9.17) is 14.2 Å². The van der Waals surface area contributed by atoms with Gasteiger partial charge in [0.15, 0.2) is 11.5 Å². The summed E-state index contributed by atoms with van der Waals surface area (Å²) in [4.78, 5) is 51.0. The molecule has 0 heterocycles. The predicted molar refractivity (Wildman–Crippen MR) is 148 cm³/mol. The van der Waals surface area contributed by atoms with Crippen LogP contribution in [0.2, 0.25) is 0 Å². The predicted octanol–water partition coefficient (Wildman–Crippen LogP) is 5.38. The van der Waals surface area contributed by atoms with Crippen LogP contribution in [-0.4, -0.2) is 40.8 Å². The molecule has 1 aromatic rings. The van der Waals surface area contributed by atoms with Gasteiger partial charge in [-0.3, -0.25) is 19.7 Å². The molecule has 220 valence electrons. The number of benzene rings is 1. The summed E-state index contributed by atoms with van der Waals surface area (Å²) in [7, 11) is 0.